The largest absolute Gasteiger partial charge is 0.393 e. The molecular weight excluding hydrogens is 276 g/mol. The first-order valence-corrected chi connectivity index (χ1v) is 9.62. The Morgan fingerprint density at radius 3 is 1.68 bits per heavy atom. The Hall–Kier alpha value is -0.120. The first kappa shape index (κ1) is 21.9. The second kappa shape index (κ2) is 14.5. The van der Waals surface area contributed by atoms with Gasteiger partial charge in [-0.3, -0.25) is 0 Å². The molecule has 0 aromatic heterocycles. The highest BCUT2D eigenvalue weighted by Gasteiger charge is 2.33. The third-order valence-electron chi connectivity index (χ3n) is 4.69. The molecule has 3 N–H and O–H groups in total. The molecule has 0 saturated carbocycles. The Morgan fingerprint density at radius 2 is 1.18 bits per heavy atom. The molecule has 3 nitrogen and oxygen atoms in total. The molecule has 0 aromatic rings. The zero-order valence-corrected chi connectivity index (χ0v) is 15.0. The van der Waals surface area contributed by atoms with Gasteiger partial charge in [0.2, 0.25) is 0 Å². The number of hydrogen-bond acceptors (Lipinski definition) is 3. The Balaban J connectivity index is 3.81. The Bertz CT molecular complexity index is 233. The number of unbranched alkanes of at least 4 members (excludes halogenated alkanes) is 10. The molecule has 0 aliphatic heterocycles. The van der Waals surface area contributed by atoms with E-state index in [4.69, 9.17) is 0 Å². The van der Waals surface area contributed by atoms with Gasteiger partial charge in [-0.05, 0) is 12.8 Å². The first-order chi connectivity index (χ1) is 10.6. The molecule has 2 atom stereocenters. The highest BCUT2D eigenvalue weighted by molar-refractivity contribution is 4.85. The van der Waals surface area contributed by atoms with Crippen molar-refractivity contribution in [1.29, 1.82) is 0 Å². The van der Waals surface area contributed by atoms with Crippen molar-refractivity contribution in [2.24, 2.45) is 0 Å². The van der Waals surface area contributed by atoms with Crippen LogP contribution in [0.5, 0.6) is 0 Å². The molecule has 2 unspecified atom stereocenters. The molecule has 0 rings (SSSR count). The van der Waals surface area contributed by atoms with Gasteiger partial charge >= 0.3 is 0 Å². The molecule has 0 amide bonds. The smallest absolute Gasteiger partial charge is 0.113 e. The number of rotatable bonds is 16. The zero-order chi connectivity index (χ0) is 16.7. The summed E-state index contributed by atoms with van der Waals surface area (Å²) in [5.41, 5.74) is -1.30. The van der Waals surface area contributed by atoms with E-state index in [9.17, 15) is 15.3 Å². The maximum Gasteiger partial charge on any atom is 0.113 e. The van der Waals surface area contributed by atoms with Gasteiger partial charge < -0.3 is 15.3 Å². The third kappa shape index (κ3) is 10.6. The van der Waals surface area contributed by atoms with Gasteiger partial charge in [-0.1, -0.05) is 90.9 Å². The molecular formula is C19H40O3. The summed E-state index contributed by atoms with van der Waals surface area (Å²) in [5, 5.41) is 30.1. The molecule has 134 valence electrons. The average molecular weight is 317 g/mol. The second-order valence-corrected chi connectivity index (χ2v) is 6.85. The lowest BCUT2D eigenvalue weighted by Gasteiger charge is -2.31. The normalized spacial score (nSPS) is 15.7. The summed E-state index contributed by atoms with van der Waals surface area (Å²) < 4.78 is 0. The van der Waals surface area contributed by atoms with E-state index in [1.54, 1.807) is 0 Å². The van der Waals surface area contributed by atoms with E-state index in [0.717, 1.165) is 25.7 Å². The van der Waals surface area contributed by atoms with E-state index in [-0.39, 0.29) is 6.61 Å². The summed E-state index contributed by atoms with van der Waals surface area (Å²) in [6.45, 7) is 4.06. The SMILES string of the molecule is CCCCCCCCC(O)C(O)(CO)CCCCCCCC. The minimum atomic E-state index is -1.30. The highest BCUT2D eigenvalue weighted by Crippen LogP contribution is 2.23. The van der Waals surface area contributed by atoms with Crippen LogP contribution in [0, 0.1) is 0 Å². The van der Waals surface area contributed by atoms with Crippen LogP contribution in [0.4, 0.5) is 0 Å². The summed E-state index contributed by atoms with van der Waals surface area (Å²) in [6.07, 6.45) is 14.2. The van der Waals surface area contributed by atoms with E-state index in [0.29, 0.717) is 12.8 Å². The van der Waals surface area contributed by atoms with Gasteiger partial charge in [0.05, 0.1) is 12.7 Å². The minimum Gasteiger partial charge on any atom is -0.393 e. The van der Waals surface area contributed by atoms with Crippen molar-refractivity contribution in [3.8, 4) is 0 Å². The van der Waals surface area contributed by atoms with E-state index in [1.165, 1.54) is 51.4 Å². The Kier molecular flexibility index (Phi) is 14.4. The van der Waals surface area contributed by atoms with Crippen LogP contribution >= 0.6 is 0 Å². The fourth-order valence-corrected chi connectivity index (χ4v) is 2.95. The van der Waals surface area contributed by atoms with Crippen LogP contribution < -0.4 is 0 Å². The van der Waals surface area contributed by atoms with E-state index >= 15 is 0 Å². The van der Waals surface area contributed by atoms with Crippen LogP contribution in [0.3, 0.4) is 0 Å². The van der Waals surface area contributed by atoms with Crippen molar-refractivity contribution in [2.45, 2.75) is 115 Å². The van der Waals surface area contributed by atoms with Crippen molar-refractivity contribution in [2.75, 3.05) is 6.61 Å². The highest BCUT2D eigenvalue weighted by atomic mass is 16.4. The van der Waals surface area contributed by atoms with Crippen LogP contribution in [0.25, 0.3) is 0 Å². The van der Waals surface area contributed by atoms with E-state index in [2.05, 4.69) is 13.8 Å². The minimum absolute atomic E-state index is 0.334. The standard InChI is InChI=1S/C19H40O3/c1-3-5-7-9-11-13-15-18(21)19(22,17-20)16-14-12-10-8-6-4-2/h18,20-22H,3-17H2,1-2H3. The van der Waals surface area contributed by atoms with E-state index < -0.39 is 11.7 Å². The van der Waals surface area contributed by atoms with Crippen LogP contribution in [0.1, 0.15) is 104 Å². The maximum atomic E-state index is 10.4. The number of aliphatic hydroxyl groups is 3. The molecule has 0 fully saturated rings. The van der Waals surface area contributed by atoms with Gasteiger partial charge in [-0.15, -0.1) is 0 Å². The first-order valence-electron chi connectivity index (χ1n) is 9.62. The lowest BCUT2D eigenvalue weighted by Crippen LogP contribution is -2.45. The molecule has 0 heterocycles. The molecule has 0 bridgehead atoms. The van der Waals surface area contributed by atoms with Gasteiger partial charge in [-0.2, -0.15) is 0 Å². The van der Waals surface area contributed by atoms with Gasteiger partial charge in [0.25, 0.3) is 0 Å². The predicted molar refractivity (Wildman–Crippen MR) is 94.0 cm³/mol. The van der Waals surface area contributed by atoms with Crippen LogP contribution in [-0.4, -0.2) is 33.6 Å². The van der Waals surface area contributed by atoms with Gasteiger partial charge in [0.15, 0.2) is 0 Å². The van der Waals surface area contributed by atoms with Crippen molar-refractivity contribution < 1.29 is 15.3 Å². The van der Waals surface area contributed by atoms with Gasteiger partial charge in [0, 0.05) is 0 Å². The lowest BCUT2D eigenvalue weighted by molar-refractivity contribution is -0.114. The number of aliphatic hydroxyl groups excluding tert-OH is 2. The topological polar surface area (TPSA) is 60.7 Å². The maximum absolute atomic E-state index is 10.4. The quantitative estimate of drug-likeness (QED) is 0.365. The molecule has 0 saturated heterocycles. The van der Waals surface area contributed by atoms with Crippen molar-refractivity contribution in [3.05, 3.63) is 0 Å². The van der Waals surface area contributed by atoms with Crippen molar-refractivity contribution in [3.63, 3.8) is 0 Å². The van der Waals surface area contributed by atoms with Gasteiger partial charge in [0.1, 0.15) is 5.60 Å². The van der Waals surface area contributed by atoms with Crippen LogP contribution in [0.15, 0.2) is 0 Å². The summed E-state index contributed by atoms with van der Waals surface area (Å²) in [6, 6.07) is 0. The van der Waals surface area contributed by atoms with Crippen LogP contribution in [-0.2, 0) is 0 Å². The molecule has 0 aliphatic rings. The fraction of sp³-hybridized carbons (Fsp3) is 1.00. The zero-order valence-electron chi connectivity index (χ0n) is 15.0. The number of hydrogen-bond donors (Lipinski definition) is 3. The second-order valence-electron chi connectivity index (χ2n) is 6.85. The molecule has 22 heavy (non-hydrogen) atoms. The average Bonchev–Trinajstić information content (AvgIpc) is 2.53. The van der Waals surface area contributed by atoms with Crippen molar-refractivity contribution >= 4 is 0 Å². The fourth-order valence-electron chi connectivity index (χ4n) is 2.95. The van der Waals surface area contributed by atoms with Gasteiger partial charge in [-0.25, -0.2) is 0 Å². The van der Waals surface area contributed by atoms with Crippen LogP contribution in [0.2, 0.25) is 0 Å². The molecule has 0 spiro atoms. The Labute approximate surface area is 138 Å². The van der Waals surface area contributed by atoms with E-state index in [1.807, 2.05) is 0 Å². The summed E-state index contributed by atoms with van der Waals surface area (Å²) in [7, 11) is 0. The monoisotopic (exact) mass is 316 g/mol. The Morgan fingerprint density at radius 1 is 0.727 bits per heavy atom. The molecule has 0 aliphatic carbocycles. The third-order valence-corrected chi connectivity index (χ3v) is 4.69. The summed E-state index contributed by atoms with van der Waals surface area (Å²) >= 11 is 0. The summed E-state index contributed by atoms with van der Waals surface area (Å²) in [5.74, 6) is 0. The predicted octanol–water partition coefficient (Wildman–Crippen LogP) is 4.57. The van der Waals surface area contributed by atoms with Crippen molar-refractivity contribution in [1.82, 2.24) is 0 Å². The summed E-state index contributed by atoms with van der Waals surface area (Å²) in [4.78, 5) is 0. The molecule has 0 radical (unpaired) electrons. The molecule has 0 aromatic carbocycles. The molecule has 3 heteroatoms. The lowest BCUT2D eigenvalue weighted by atomic mass is 9.87.